The molecule has 0 bridgehead atoms. The van der Waals surface area contributed by atoms with Gasteiger partial charge in [0.05, 0.1) is 5.02 Å². The lowest BCUT2D eigenvalue weighted by molar-refractivity contribution is -0.109. The van der Waals surface area contributed by atoms with E-state index in [1.807, 2.05) is 6.08 Å². The first-order valence-electron chi connectivity index (χ1n) is 4.38. The van der Waals surface area contributed by atoms with Crippen molar-refractivity contribution in [1.29, 1.82) is 0 Å². The van der Waals surface area contributed by atoms with Gasteiger partial charge < -0.3 is 5.11 Å². The van der Waals surface area contributed by atoms with Crippen molar-refractivity contribution in [3.63, 3.8) is 0 Å². The maximum atomic E-state index is 10.6. The van der Waals surface area contributed by atoms with Crippen LogP contribution in [0.2, 0.25) is 5.02 Å². The molecule has 80 valence electrons. The summed E-state index contributed by atoms with van der Waals surface area (Å²) in [5, 5.41) is 9.74. The van der Waals surface area contributed by atoms with Crippen LogP contribution in [-0.2, 0) is 4.79 Å². The van der Waals surface area contributed by atoms with E-state index >= 15 is 0 Å². The summed E-state index contributed by atoms with van der Waals surface area (Å²) in [6, 6.07) is 5.06. The van der Waals surface area contributed by atoms with Gasteiger partial charge >= 0.3 is 0 Å². The van der Waals surface area contributed by atoms with E-state index in [0.29, 0.717) is 10.8 Å². The Bertz CT molecular complexity index is 388. The molecule has 0 aliphatic rings. The monoisotopic (exact) mass is 242 g/mol. The highest BCUT2D eigenvalue weighted by Crippen LogP contribution is 2.27. The first-order chi connectivity index (χ1) is 7.11. The van der Waals surface area contributed by atoms with Gasteiger partial charge in [0, 0.05) is 12.7 Å². The number of carbonyl (C=O) groups excluding carboxylic acids is 1. The highest BCUT2D eigenvalue weighted by molar-refractivity contribution is 8.13. The number of benzene rings is 1. The van der Waals surface area contributed by atoms with Gasteiger partial charge in [0.2, 0.25) is 0 Å². The molecule has 0 unspecified atom stereocenters. The van der Waals surface area contributed by atoms with Crippen LogP contribution in [0, 0.1) is 0 Å². The fourth-order valence-corrected chi connectivity index (χ4v) is 1.62. The number of aromatic hydroxyl groups is 1. The Balaban J connectivity index is 2.64. The number of rotatable bonds is 3. The molecule has 0 saturated carbocycles. The Morgan fingerprint density at radius 3 is 3.00 bits per heavy atom. The van der Waals surface area contributed by atoms with E-state index in [1.165, 1.54) is 24.8 Å². The Morgan fingerprint density at radius 2 is 2.33 bits per heavy atom. The number of carbonyl (C=O) groups is 1. The molecule has 15 heavy (non-hydrogen) atoms. The lowest BCUT2D eigenvalue weighted by Gasteiger charge is -1.99. The van der Waals surface area contributed by atoms with E-state index < -0.39 is 0 Å². The van der Waals surface area contributed by atoms with Crippen LogP contribution in [0.25, 0.3) is 6.08 Å². The highest BCUT2D eigenvalue weighted by Gasteiger charge is 2.00. The summed E-state index contributed by atoms with van der Waals surface area (Å²) < 4.78 is 0. The van der Waals surface area contributed by atoms with Crippen molar-refractivity contribution in [1.82, 2.24) is 0 Å². The lowest BCUT2D eigenvalue weighted by atomic mass is 10.2. The van der Waals surface area contributed by atoms with Crippen LogP contribution < -0.4 is 0 Å². The van der Waals surface area contributed by atoms with Crippen molar-refractivity contribution in [2.75, 3.05) is 5.75 Å². The number of hydrogen-bond donors (Lipinski definition) is 1. The molecule has 0 heterocycles. The fraction of sp³-hybridized carbons (Fsp3) is 0.182. The minimum absolute atomic E-state index is 0.0676. The minimum Gasteiger partial charge on any atom is -0.506 e. The summed E-state index contributed by atoms with van der Waals surface area (Å²) in [4.78, 5) is 10.6. The van der Waals surface area contributed by atoms with Gasteiger partial charge in [0.25, 0.3) is 0 Å². The quantitative estimate of drug-likeness (QED) is 0.883. The highest BCUT2D eigenvalue weighted by atomic mass is 35.5. The van der Waals surface area contributed by atoms with Crippen LogP contribution in [0.3, 0.4) is 0 Å². The summed E-state index contributed by atoms with van der Waals surface area (Å²) in [6.45, 7) is 1.53. The Kier molecular flexibility index (Phi) is 4.72. The molecule has 2 nitrogen and oxygen atoms in total. The van der Waals surface area contributed by atoms with E-state index in [4.69, 9.17) is 11.6 Å². The molecule has 0 atom stereocenters. The normalized spacial score (nSPS) is 10.8. The van der Waals surface area contributed by atoms with Gasteiger partial charge in [-0.25, -0.2) is 0 Å². The van der Waals surface area contributed by atoms with Crippen molar-refractivity contribution in [2.45, 2.75) is 6.92 Å². The van der Waals surface area contributed by atoms with E-state index in [9.17, 15) is 9.90 Å². The zero-order valence-electron chi connectivity index (χ0n) is 8.24. The number of hydrogen-bond acceptors (Lipinski definition) is 3. The van der Waals surface area contributed by atoms with Gasteiger partial charge in [0.15, 0.2) is 5.12 Å². The van der Waals surface area contributed by atoms with Crippen LogP contribution in [0.15, 0.2) is 24.3 Å². The zero-order valence-corrected chi connectivity index (χ0v) is 9.81. The second kappa shape index (κ2) is 5.83. The first-order valence-corrected chi connectivity index (χ1v) is 5.75. The van der Waals surface area contributed by atoms with Crippen LogP contribution >= 0.6 is 23.4 Å². The molecule has 0 aliphatic carbocycles. The molecular formula is C11H11ClO2S. The second-order valence-electron chi connectivity index (χ2n) is 2.89. The topological polar surface area (TPSA) is 37.3 Å². The van der Waals surface area contributed by atoms with E-state index in [-0.39, 0.29) is 10.9 Å². The van der Waals surface area contributed by atoms with Crippen molar-refractivity contribution < 1.29 is 9.90 Å². The SMILES string of the molecule is CC(=O)SCC=Cc1cccc(O)c1Cl. The van der Waals surface area contributed by atoms with Crippen molar-refractivity contribution in [3.8, 4) is 5.75 Å². The third-order valence-electron chi connectivity index (χ3n) is 1.69. The number of phenols is 1. The molecular weight excluding hydrogens is 232 g/mol. The fourth-order valence-electron chi connectivity index (χ4n) is 1.01. The van der Waals surface area contributed by atoms with E-state index in [0.717, 1.165) is 5.56 Å². The molecule has 1 aromatic carbocycles. The zero-order chi connectivity index (χ0) is 11.3. The van der Waals surface area contributed by atoms with Crippen LogP contribution in [-0.4, -0.2) is 16.0 Å². The molecule has 1 aromatic rings. The maximum Gasteiger partial charge on any atom is 0.186 e. The van der Waals surface area contributed by atoms with Gasteiger partial charge in [-0.1, -0.05) is 47.6 Å². The van der Waals surface area contributed by atoms with Gasteiger partial charge in [-0.05, 0) is 11.6 Å². The maximum absolute atomic E-state index is 10.6. The molecule has 0 fully saturated rings. The average molecular weight is 243 g/mol. The standard InChI is InChI=1S/C11H11ClO2S/c1-8(13)15-7-3-5-9-4-2-6-10(14)11(9)12/h2-6,14H,7H2,1H3. The van der Waals surface area contributed by atoms with Crippen LogP contribution in [0.4, 0.5) is 0 Å². The summed E-state index contributed by atoms with van der Waals surface area (Å²) in [5.41, 5.74) is 0.751. The molecule has 4 heteroatoms. The summed E-state index contributed by atoms with van der Waals surface area (Å²) >= 11 is 7.09. The lowest BCUT2D eigenvalue weighted by Crippen LogP contribution is -1.82. The van der Waals surface area contributed by atoms with E-state index in [1.54, 1.807) is 18.2 Å². The number of thioether (sulfide) groups is 1. The van der Waals surface area contributed by atoms with Crippen molar-refractivity contribution in [3.05, 3.63) is 34.9 Å². The van der Waals surface area contributed by atoms with Gasteiger partial charge in [-0.2, -0.15) is 0 Å². The number of halogens is 1. The second-order valence-corrected chi connectivity index (χ2v) is 4.46. The largest absolute Gasteiger partial charge is 0.506 e. The van der Waals surface area contributed by atoms with Gasteiger partial charge in [0.1, 0.15) is 5.75 Å². The average Bonchev–Trinajstić information content (AvgIpc) is 2.18. The van der Waals surface area contributed by atoms with Gasteiger partial charge in [-0.15, -0.1) is 0 Å². The predicted octanol–water partition coefficient (Wildman–Crippen LogP) is 3.34. The summed E-state index contributed by atoms with van der Waals surface area (Å²) in [6.07, 6.45) is 3.63. The molecule has 1 rings (SSSR count). The van der Waals surface area contributed by atoms with Crippen molar-refractivity contribution >= 4 is 34.6 Å². The first kappa shape index (κ1) is 12.1. The predicted molar refractivity (Wildman–Crippen MR) is 65.3 cm³/mol. The third kappa shape index (κ3) is 3.98. The molecule has 0 saturated heterocycles. The molecule has 0 aliphatic heterocycles. The Hall–Kier alpha value is -0.930. The van der Waals surface area contributed by atoms with Crippen LogP contribution in [0.5, 0.6) is 5.75 Å². The molecule has 0 aromatic heterocycles. The van der Waals surface area contributed by atoms with E-state index in [2.05, 4.69) is 0 Å². The smallest absolute Gasteiger partial charge is 0.186 e. The van der Waals surface area contributed by atoms with Gasteiger partial charge in [-0.3, -0.25) is 4.79 Å². The third-order valence-corrected chi connectivity index (χ3v) is 2.87. The molecule has 0 spiro atoms. The van der Waals surface area contributed by atoms with Crippen LogP contribution in [0.1, 0.15) is 12.5 Å². The Labute approximate surface area is 97.9 Å². The Morgan fingerprint density at radius 1 is 1.60 bits per heavy atom. The minimum atomic E-state index is 0.0676. The number of phenolic OH excluding ortho intramolecular Hbond substituents is 1. The van der Waals surface area contributed by atoms with Crippen molar-refractivity contribution in [2.24, 2.45) is 0 Å². The molecule has 0 amide bonds. The molecule has 1 N–H and O–H groups in total. The summed E-state index contributed by atoms with van der Waals surface area (Å²) in [5.74, 6) is 0.680. The summed E-state index contributed by atoms with van der Waals surface area (Å²) in [7, 11) is 0. The molecule has 0 radical (unpaired) electrons.